The molecule has 0 spiro atoms. The van der Waals surface area contributed by atoms with Crippen LogP contribution in [0.1, 0.15) is 18.1 Å². The van der Waals surface area contributed by atoms with Gasteiger partial charge in [-0.25, -0.2) is 0 Å². The second kappa shape index (κ2) is 19.5. The molecule has 0 amide bonds. The molecule has 6 nitrogen and oxygen atoms in total. The quantitative estimate of drug-likeness (QED) is 0.721. The van der Waals surface area contributed by atoms with E-state index in [4.69, 9.17) is 5.11 Å². The zero-order valence-corrected chi connectivity index (χ0v) is 22.2. The van der Waals surface area contributed by atoms with Crippen LogP contribution in [0.25, 0.3) is 0 Å². The highest BCUT2D eigenvalue weighted by Crippen LogP contribution is 2.08. The van der Waals surface area contributed by atoms with Crippen molar-refractivity contribution in [2.24, 2.45) is 0 Å². The van der Waals surface area contributed by atoms with Crippen molar-refractivity contribution in [2.75, 3.05) is 87.3 Å². The van der Waals surface area contributed by atoms with Gasteiger partial charge in [0.25, 0.3) is 0 Å². The number of piperazine rings is 2. The van der Waals surface area contributed by atoms with Gasteiger partial charge in [-0.2, -0.15) is 0 Å². The van der Waals surface area contributed by atoms with Crippen LogP contribution in [0.3, 0.4) is 0 Å². The topological polar surface area (TPSA) is 42.4 Å². The molecule has 0 bridgehead atoms. The third-order valence-electron chi connectivity index (χ3n) is 5.98. The van der Waals surface area contributed by atoms with Gasteiger partial charge in [-0.15, -0.1) is 0 Å². The van der Waals surface area contributed by atoms with Crippen molar-refractivity contribution >= 4 is 0 Å². The van der Waals surface area contributed by atoms with E-state index in [2.05, 4.69) is 99.1 Å². The normalized spacial score (nSPS) is 17.4. The van der Waals surface area contributed by atoms with Gasteiger partial charge in [0.05, 0.1) is 0 Å². The molecule has 2 aromatic rings. The van der Waals surface area contributed by atoms with E-state index in [1.165, 1.54) is 63.5 Å². The van der Waals surface area contributed by atoms with E-state index < -0.39 is 0 Å². The number of aliphatic hydroxyl groups is 1. The Hall–Kier alpha value is -1.80. The summed E-state index contributed by atoms with van der Waals surface area (Å²) in [6, 6.07) is 21.4. The van der Waals surface area contributed by atoms with Crippen molar-refractivity contribution in [3.05, 3.63) is 71.8 Å². The average Bonchev–Trinajstić information content (AvgIpc) is 2.90. The van der Waals surface area contributed by atoms with Crippen LogP contribution in [-0.4, -0.2) is 112 Å². The van der Waals surface area contributed by atoms with Crippen molar-refractivity contribution in [1.82, 2.24) is 19.6 Å². The Morgan fingerprint density at radius 3 is 1.18 bits per heavy atom. The van der Waals surface area contributed by atoms with Crippen LogP contribution in [0.2, 0.25) is 0 Å². The lowest BCUT2D eigenvalue weighted by Gasteiger charge is -2.32. The molecule has 1 N–H and O–H groups in total. The molecule has 2 aliphatic heterocycles. The molecule has 2 heterocycles. The Morgan fingerprint density at radius 1 is 0.618 bits per heavy atom. The van der Waals surface area contributed by atoms with Crippen LogP contribution in [0.15, 0.2) is 60.7 Å². The molecule has 6 heteroatoms. The van der Waals surface area contributed by atoms with Crippen LogP contribution in [-0.2, 0) is 17.8 Å². The molecule has 4 rings (SSSR count). The minimum atomic E-state index is 0.819. The molecule has 0 unspecified atom stereocenters. The second-order valence-corrected chi connectivity index (χ2v) is 8.71. The number of methoxy groups -OCH3 is 1. The Labute approximate surface area is 208 Å². The first-order chi connectivity index (χ1) is 16.6. The lowest BCUT2D eigenvalue weighted by atomic mass is 10.2. The highest BCUT2D eigenvalue weighted by atomic mass is 16.5. The fourth-order valence-corrected chi connectivity index (χ4v) is 3.70. The summed E-state index contributed by atoms with van der Waals surface area (Å²) in [6.07, 6.45) is 0. The maximum Gasteiger partial charge on any atom is 0.0433 e. The van der Waals surface area contributed by atoms with Crippen molar-refractivity contribution in [3.8, 4) is 0 Å². The van der Waals surface area contributed by atoms with Crippen LogP contribution in [0.5, 0.6) is 0 Å². The molecular weight excluding hydrogens is 424 g/mol. The van der Waals surface area contributed by atoms with Gasteiger partial charge in [0.15, 0.2) is 0 Å². The molecule has 2 aromatic carbocycles. The van der Waals surface area contributed by atoms with Gasteiger partial charge in [-0.3, -0.25) is 9.80 Å². The lowest BCUT2D eigenvalue weighted by molar-refractivity contribution is 0.148. The Balaban J connectivity index is 0.000000277. The van der Waals surface area contributed by atoms with Crippen molar-refractivity contribution in [2.45, 2.75) is 20.0 Å². The van der Waals surface area contributed by atoms with E-state index in [1.54, 1.807) is 7.11 Å². The van der Waals surface area contributed by atoms with Crippen LogP contribution < -0.4 is 0 Å². The number of hydrogen-bond acceptors (Lipinski definition) is 6. The lowest BCUT2D eigenvalue weighted by Crippen LogP contribution is -2.43. The van der Waals surface area contributed by atoms with E-state index in [1.807, 2.05) is 6.92 Å². The highest BCUT2D eigenvalue weighted by molar-refractivity contribution is 5.15. The third-order valence-corrected chi connectivity index (χ3v) is 5.98. The zero-order valence-electron chi connectivity index (χ0n) is 22.2. The molecule has 0 aromatic heterocycles. The number of rotatable bonds is 5. The molecule has 192 valence electrons. The Morgan fingerprint density at radius 2 is 0.912 bits per heavy atom. The van der Waals surface area contributed by atoms with Crippen LogP contribution >= 0.6 is 0 Å². The van der Waals surface area contributed by atoms with E-state index in [-0.39, 0.29) is 0 Å². The summed E-state index contributed by atoms with van der Waals surface area (Å²) >= 11 is 0. The number of ether oxygens (including phenoxy) is 1. The van der Waals surface area contributed by atoms with Gasteiger partial charge >= 0.3 is 0 Å². The minimum Gasteiger partial charge on any atom is -0.400 e. The SMILES string of the molecule is CCOC.CN1CCN(Cc2ccccc2)CC1.CN1CCN(Cc2ccccc2)CC1.CO. The summed E-state index contributed by atoms with van der Waals surface area (Å²) in [4.78, 5) is 9.83. The monoisotopic (exact) mass is 472 g/mol. The van der Waals surface area contributed by atoms with Gasteiger partial charge in [-0.1, -0.05) is 60.7 Å². The van der Waals surface area contributed by atoms with Crippen molar-refractivity contribution in [1.29, 1.82) is 0 Å². The van der Waals surface area contributed by atoms with E-state index in [0.29, 0.717) is 0 Å². The molecule has 0 aliphatic carbocycles. The Kier molecular flexibility index (Phi) is 17.3. The average molecular weight is 473 g/mol. The molecular formula is C28H48N4O2. The largest absolute Gasteiger partial charge is 0.400 e. The van der Waals surface area contributed by atoms with Gasteiger partial charge in [0.1, 0.15) is 0 Å². The summed E-state index contributed by atoms with van der Waals surface area (Å²) in [5.74, 6) is 0. The molecule has 0 atom stereocenters. The number of hydrogen-bond donors (Lipinski definition) is 1. The molecule has 34 heavy (non-hydrogen) atoms. The first kappa shape index (κ1) is 30.2. The summed E-state index contributed by atoms with van der Waals surface area (Å²) in [5, 5.41) is 7.00. The molecule has 2 saturated heterocycles. The van der Waals surface area contributed by atoms with Crippen molar-refractivity contribution < 1.29 is 9.84 Å². The maximum absolute atomic E-state index is 7.00. The van der Waals surface area contributed by atoms with E-state index in [0.717, 1.165) is 26.8 Å². The third kappa shape index (κ3) is 13.8. The molecule has 2 aliphatic rings. The zero-order chi connectivity index (χ0) is 25.0. The van der Waals surface area contributed by atoms with Crippen molar-refractivity contribution in [3.63, 3.8) is 0 Å². The maximum atomic E-state index is 7.00. The van der Waals surface area contributed by atoms with E-state index >= 15 is 0 Å². The first-order valence-corrected chi connectivity index (χ1v) is 12.4. The summed E-state index contributed by atoms with van der Waals surface area (Å²) in [5.41, 5.74) is 2.86. The predicted octanol–water partition coefficient (Wildman–Crippen LogP) is 3.13. The van der Waals surface area contributed by atoms with Gasteiger partial charge in [0.2, 0.25) is 0 Å². The van der Waals surface area contributed by atoms with E-state index in [9.17, 15) is 0 Å². The fourth-order valence-electron chi connectivity index (χ4n) is 3.70. The molecule has 0 radical (unpaired) electrons. The fraction of sp³-hybridized carbons (Fsp3) is 0.571. The minimum absolute atomic E-state index is 0.819. The Bertz CT molecular complexity index is 625. The summed E-state index contributed by atoms with van der Waals surface area (Å²) < 4.78 is 4.54. The predicted molar refractivity (Wildman–Crippen MR) is 144 cm³/mol. The van der Waals surface area contributed by atoms with Gasteiger partial charge in [0, 0.05) is 86.3 Å². The number of benzene rings is 2. The first-order valence-electron chi connectivity index (χ1n) is 12.4. The number of nitrogens with zero attached hydrogens (tertiary/aromatic N) is 4. The summed E-state index contributed by atoms with van der Waals surface area (Å²) in [6.45, 7) is 14.6. The number of likely N-dealkylation sites (N-methyl/N-ethyl adjacent to an activating group) is 2. The second-order valence-electron chi connectivity index (χ2n) is 8.71. The number of aliphatic hydroxyl groups excluding tert-OH is 1. The molecule has 0 saturated carbocycles. The standard InChI is InChI=1S/2C12H18N2.C3H8O.CH4O/c2*1-13-7-9-14(10-8-13)11-12-5-3-2-4-6-12;1-3-4-2;1-2/h2*2-6H,7-11H2,1H3;3H2,1-2H3;2H,1H3. The summed E-state index contributed by atoms with van der Waals surface area (Å²) in [7, 11) is 7.07. The van der Waals surface area contributed by atoms with Gasteiger partial charge in [-0.05, 0) is 32.1 Å². The van der Waals surface area contributed by atoms with Crippen LogP contribution in [0.4, 0.5) is 0 Å². The van der Waals surface area contributed by atoms with Crippen LogP contribution in [0, 0.1) is 0 Å². The molecule has 2 fully saturated rings. The highest BCUT2D eigenvalue weighted by Gasteiger charge is 2.14. The smallest absolute Gasteiger partial charge is 0.0433 e. The van der Waals surface area contributed by atoms with Gasteiger partial charge < -0.3 is 19.6 Å².